The van der Waals surface area contributed by atoms with E-state index >= 15 is 0 Å². The van der Waals surface area contributed by atoms with E-state index in [0.29, 0.717) is 11.3 Å². The Morgan fingerprint density at radius 3 is 2.94 bits per heavy atom. The highest BCUT2D eigenvalue weighted by atomic mass is 16.1. The normalized spacial score (nSPS) is 9.94. The Morgan fingerprint density at radius 2 is 2.24 bits per heavy atom. The monoisotopic (exact) mass is 230 g/mol. The van der Waals surface area contributed by atoms with E-state index in [2.05, 4.69) is 20.5 Å². The van der Waals surface area contributed by atoms with E-state index in [0.717, 1.165) is 6.20 Å². The van der Waals surface area contributed by atoms with Gasteiger partial charge in [0.2, 0.25) is 5.95 Å². The molecular weight excluding hydrogens is 220 g/mol. The van der Waals surface area contributed by atoms with Gasteiger partial charge in [0.1, 0.15) is 6.20 Å². The summed E-state index contributed by atoms with van der Waals surface area (Å²) in [6.45, 7) is 1.49. The molecule has 0 amide bonds. The molecule has 1 heterocycles. The smallest absolute Gasteiger partial charge is 0.271 e. The lowest BCUT2D eigenvalue weighted by atomic mass is 10.1. The number of anilines is 2. The Hall–Kier alpha value is -2.50. The fourth-order valence-corrected chi connectivity index (χ4v) is 1.32. The van der Waals surface area contributed by atoms with Gasteiger partial charge in [-0.25, -0.2) is 0 Å². The van der Waals surface area contributed by atoms with E-state index in [9.17, 15) is 9.59 Å². The summed E-state index contributed by atoms with van der Waals surface area (Å²) in [5.41, 5.74) is 0.903. The predicted octanol–water partition coefficient (Wildman–Crippen LogP) is 1.11. The number of H-pyrrole nitrogens is 1. The lowest BCUT2D eigenvalue weighted by Crippen LogP contribution is -2.10. The summed E-state index contributed by atoms with van der Waals surface area (Å²) in [6, 6.07) is 6.90. The van der Waals surface area contributed by atoms with E-state index in [-0.39, 0.29) is 17.3 Å². The number of carbonyl (C=O) groups excluding carboxylic acids is 1. The molecular formula is C11H10N4O2. The Labute approximate surface area is 96.7 Å². The molecule has 2 aromatic rings. The maximum Gasteiger partial charge on any atom is 0.271 e. The van der Waals surface area contributed by atoms with Crippen molar-refractivity contribution in [1.82, 2.24) is 15.2 Å². The van der Waals surface area contributed by atoms with Gasteiger partial charge in [-0.05, 0) is 19.1 Å². The van der Waals surface area contributed by atoms with Gasteiger partial charge >= 0.3 is 0 Å². The number of nitrogens with zero attached hydrogens (tertiary/aromatic N) is 2. The molecule has 0 saturated heterocycles. The van der Waals surface area contributed by atoms with Gasteiger partial charge in [-0.1, -0.05) is 12.1 Å². The molecule has 0 aliphatic carbocycles. The largest absolute Gasteiger partial charge is 0.324 e. The third kappa shape index (κ3) is 2.75. The zero-order chi connectivity index (χ0) is 12.3. The van der Waals surface area contributed by atoms with Crippen molar-refractivity contribution < 1.29 is 4.79 Å². The Balaban J connectivity index is 2.27. The first-order valence-electron chi connectivity index (χ1n) is 4.95. The molecule has 0 atom stereocenters. The summed E-state index contributed by atoms with van der Waals surface area (Å²) in [7, 11) is 0. The fourth-order valence-electron chi connectivity index (χ4n) is 1.32. The first kappa shape index (κ1) is 11.0. The van der Waals surface area contributed by atoms with Crippen molar-refractivity contribution in [2.75, 3.05) is 5.32 Å². The molecule has 0 fully saturated rings. The van der Waals surface area contributed by atoms with Crippen LogP contribution in [0, 0.1) is 0 Å². The van der Waals surface area contributed by atoms with Gasteiger partial charge < -0.3 is 5.32 Å². The first-order chi connectivity index (χ1) is 8.15. The van der Waals surface area contributed by atoms with Gasteiger partial charge in [-0.3, -0.25) is 14.6 Å². The molecule has 6 nitrogen and oxygen atoms in total. The van der Waals surface area contributed by atoms with Gasteiger partial charge in [0.25, 0.3) is 5.56 Å². The third-order valence-electron chi connectivity index (χ3n) is 2.11. The predicted molar refractivity (Wildman–Crippen MR) is 62.4 cm³/mol. The van der Waals surface area contributed by atoms with Crippen molar-refractivity contribution in [1.29, 1.82) is 0 Å². The molecule has 0 bridgehead atoms. The first-order valence-corrected chi connectivity index (χ1v) is 4.95. The van der Waals surface area contributed by atoms with Gasteiger partial charge in [0, 0.05) is 11.3 Å². The fraction of sp³-hybridized carbons (Fsp3) is 0.0909. The van der Waals surface area contributed by atoms with Gasteiger partial charge in [-0.15, -0.1) is 10.2 Å². The van der Waals surface area contributed by atoms with Crippen LogP contribution in [0.2, 0.25) is 0 Å². The van der Waals surface area contributed by atoms with Crippen LogP contribution in [0.15, 0.2) is 35.3 Å². The van der Waals surface area contributed by atoms with Crippen molar-refractivity contribution >= 4 is 17.4 Å². The lowest BCUT2D eigenvalue weighted by Gasteiger charge is -2.04. The minimum Gasteiger partial charge on any atom is -0.324 e. The summed E-state index contributed by atoms with van der Waals surface area (Å²) in [5, 5.41) is 10.1. The van der Waals surface area contributed by atoms with Crippen molar-refractivity contribution in [3.63, 3.8) is 0 Å². The van der Waals surface area contributed by atoms with E-state index in [1.165, 1.54) is 6.92 Å². The Morgan fingerprint density at radius 1 is 1.41 bits per heavy atom. The summed E-state index contributed by atoms with van der Waals surface area (Å²) < 4.78 is 0. The number of hydrogen-bond acceptors (Lipinski definition) is 5. The Bertz CT molecular complexity index is 606. The molecule has 1 aromatic heterocycles. The molecule has 2 rings (SSSR count). The highest BCUT2D eigenvalue weighted by molar-refractivity contribution is 5.95. The molecule has 0 aliphatic rings. The van der Waals surface area contributed by atoms with Crippen LogP contribution < -0.4 is 10.9 Å². The second-order valence-electron chi connectivity index (χ2n) is 3.44. The average molecular weight is 230 g/mol. The SMILES string of the molecule is CC(=O)c1cccc(Nc2nncc(=O)[nH]2)c1. The zero-order valence-electron chi connectivity index (χ0n) is 9.10. The standard InChI is InChI=1S/C11H10N4O2/c1-7(16)8-3-2-4-9(5-8)13-11-14-10(17)6-12-15-11/h2-6H,1H3,(H2,13,14,15,17). The van der Waals surface area contributed by atoms with Crippen molar-refractivity contribution in [2.45, 2.75) is 6.92 Å². The van der Waals surface area contributed by atoms with Crippen LogP contribution in [0.25, 0.3) is 0 Å². The number of Topliss-reactive ketones (excluding diaryl/α,β-unsaturated/α-hetero) is 1. The maximum atomic E-state index is 11.2. The van der Waals surface area contributed by atoms with Crippen LogP contribution in [0.5, 0.6) is 0 Å². The van der Waals surface area contributed by atoms with E-state index in [4.69, 9.17) is 0 Å². The minimum atomic E-state index is -0.342. The quantitative estimate of drug-likeness (QED) is 0.771. The van der Waals surface area contributed by atoms with Crippen LogP contribution in [-0.4, -0.2) is 21.0 Å². The van der Waals surface area contributed by atoms with E-state index < -0.39 is 0 Å². The van der Waals surface area contributed by atoms with E-state index in [1.807, 2.05) is 0 Å². The van der Waals surface area contributed by atoms with Gasteiger partial charge in [-0.2, -0.15) is 0 Å². The lowest BCUT2D eigenvalue weighted by molar-refractivity contribution is 0.101. The molecule has 0 unspecified atom stereocenters. The molecule has 2 N–H and O–H groups in total. The molecule has 0 aliphatic heterocycles. The van der Waals surface area contributed by atoms with Crippen molar-refractivity contribution in [3.05, 3.63) is 46.4 Å². The number of aromatic nitrogens is 3. The number of carbonyl (C=O) groups is 1. The summed E-state index contributed by atoms with van der Waals surface area (Å²) >= 11 is 0. The zero-order valence-corrected chi connectivity index (χ0v) is 9.10. The van der Waals surface area contributed by atoms with Crippen LogP contribution in [-0.2, 0) is 0 Å². The highest BCUT2D eigenvalue weighted by Crippen LogP contribution is 2.13. The molecule has 1 aromatic carbocycles. The summed E-state index contributed by atoms with van der Waals surface area (Å²) in [5.74, 6) is 0.208. The van der Waals surface area contributed by atoms with Crippen LogP contribution in [0.3, 0.4) is 0 Å². The number of benzene rings is 1. The molecule has 6 heteroatoms. The molecule has 17 heavy (non-hydrogen) atoms. The second-order valence-corrected chi connectivity index (χ2v) is 3.44. The molecule has 86 valence electrons. The third-order valence-corrected chi connectivity index (χ3v) is 2.11. The number of rotatable bonds is 3. The van der Waals surface area contributed by atoms with Crippen molar-refractivity contribution in [2.24, 2.45) is 0 Å². The van der Waals surface area contributed by atoms with Crippen LogP contribution in [0.1, 0.15) is 17.3 Å². The maximum absolute atomic E-state index is 11.2. The highest BCUT2D eigenvalue weighted by Gasteiger charge is 2.01. The second kappa shape index (κ2) is 4.56. The number of nitrogens with one attached hydrogen (secondary N) is 2. The summed E-state index contributed by atoms with van der Waals surface area (Å²) in [6.07, 6.45) is 1.08. The van der Waals surface area contributed by atoms with Crippen LogP contribution >= 0.6 is 0 Å². The number of ketones is 1. The molecule has 0 radical (unpaired) electrons. The summed E-state index contributed by atoms with van der Waals surface area (Å²) in [4.78, 5) is 24.7. The number of hydrogen-bond donors (Lipinski definition) is 2. The van der Waals surface area contributed by atoms with Gasteiger partial charge in [0.05, 0.1) is 0 Å². The number of aromatic amines is 1. The Kier molecular flexibility index (Phi) is 2.95. The minimum absolute atomic E-state index is 0.0266. The van der Waals surface area contributed by atoms with Crippen molar-refractivity contribution in [3.8, 4) is 0 Å². The average Bonchev–Trinajstić information content (AvgIpc) is 2.29. The molecule has 0 spiro atoms. The topological polar surface area (TPSA) is 87.7 Å². The molecule has 0 saturated carbocycles. The van der Waals surface area contributed by atoms with E-state index in [1.54, 1.807) is 24.3 Å². The van der Waals surface area contributed by atoms with Crippen LogP contribution in [0.4, 0.5) is 11.6 Å². The van der Waals surface area contributed by atoms with Gasteiger partial charge in [0.15, 0.2) is 5.78 Å².